The predicted molar refractivity (Wildman–Crippen MR) is 60.8 cm³/mol. The van der Waals surface area contributed by atoms with Crippen LogP contribution in [-0.2, 0) is 0 Å². The highest BCUT2D eigenvalue weighted by Crippen LogP contribution is 2.17. The van der Waals surface area contributed by atoms with E-state index in [0.29, 0.717) is 0 Å². The average Bonchev–Trinajstić information content (AvgIpc) is 2.26. The number of fused-ring (bicyclic) bond motifs is 1. The van der Waals surface area contributed by atoms with Gasteiger partial charge in [-0.05, 0) is 11.5 Å². The number of nitrogens with zero attached hydrogens (tertiary/aromatic N) is 1. The fraction of sp³-hybridized carbons (Fsp3) is 0.154. The fourth-order valence-electron chi connectivity index (χ4n) is 1.49. The molecule has 0 heterocycles. The zero-order chi connectivity index (χ0) is 9.80. The third kappa shape index (κ3) is 1.60. The molecule has 68 valence electrons. The molecule has 0 saturated heterocycles. The second-order valence-corrected chi connectivity index (χ2v) is 3.11. The van der Waals surface area contributed by atoms with E-state index in [-0.39, 0.29) is 0 Å². The monoisotopic (exact) mass is 182 g/mol. The summed E-state index contributed by atoms with van der Waals surface area (Å²) in [6.45, 7) is 2.79. The van der Waals surface area contributed by atoms with Crippen LogP contribution in [-0.4, -0.2) is 6.54 Å². The quantitative estimate of drug-likeness (QED) is 0.587. The first kappa shape index (κ1) is 8.77. The first-order chi connectivity index (χ1) is 6.92. The number of hydrogen-bond acceptors (Lipinski definition) is 0. The van der Waals surface area contributed by atoms with Crippen molar-refractivity contribution in [3.8, 4) is 6.07 Å². The molecule has 0 radical (unpaired) electrons. The van der Waals surface area contributed by atoms with Crippen LogP contribution < -0.4 is 0 Å². The molecule has 0 aliphatic heterocycles. The molecule has 2 aromatic rings. The Kier molecular flexibility index (Phi) is 2.46. The van der Waals surface area contributed by atoms with Crippen LogP contribution in [0.5, 0.6) is 0 Å². The molecule has 0 atom stereocenters. The van der Waals surface area contributed by atoms with Gasteiger partial charge < -0.3 is 0 Å². The molecule has 1 heteroatoms. The maximum atomic E-state index is 4.14. The van der Waals surface area contributed by atoms with Crippen molar-refractivity contribution in [2.24, 2.45) is 0 Å². The van der Waals surface area contributed by atoms with Crippen LogP contribution >= 0.6 is 0 Å². The smallest absolute Gasteiger partial charge is 0.0783 e. The largest absolute Gasteiger partial charge is 0.311 e. The first-order valence-electron chi connectivity index (χ1n) is 4.82. The summed E-state index contributed by atoms with van der Waals surface area (Å²) >= 11 is 0. The van der Waals surface area contributed by atoms with Crippen LogP contribution in [0.4, 0.5) is 0 Å². The summed E-state index contributed by atoms with van der Waals surface area (Å²) in [4.78, 5) is 4.14. The summed E-state index contributed by atoms with van der Waals surface area (Å²) in [5.41, 5.74) is 1.07. The van der Waals surface area contributed by atoms with Crippen LogP contribution in [0.2, 0.25) is 0 Å². The summed E-state index contributed by atoms with van der Waals surface area (Å²) in [5.74, 6) is 0. The molecule has 0 spiro atoms. The van der Waals surface area contributed by atoms with Gasteiger partial charge in [0.15, 0.2) is 0 Å². The van der Waals surface area contributed by atoms with Gasteiger partial charge >= 0.3 is 6.07 Å². The number of rotatable bonds is 0. The topological polar surface area (TPSA) is 4.36 Å². The van der Waals surface area contributed by atoms with Crippen molar-refractivity contribution in [3.05, 3.63) is 52.9 Å². The molecule has 0 amide bonds. The van der Waals surface area contributed by atoms with Crippen LogP contribution in [0.25, 0.3) is 15.6 Å². The summed E-state index contributed by atoms with van der Waals surface area (Å²) in [7, 11) is 0. The highest BCUT2D eigenvalue weighted by molar-refractivity contribution is 5.87. The molecule has 0 aliphatic rings. The maximum absolute atomic E-state index is 4.14. The standard InChI is InChI=1S/C13H12N/c1-2-14-10-12-8-5-7-11-6-3-4-9-13(11)12/h3-9H,2H2,1H3/q+1. The van der Waals surface area contributed by atoms with Crippen molar-refractivity contribution < 1.29 is 0 Å². The molecule has 0 aliphatic carbocycles. The van der Waals surface area contributed by atoms with Crippen LogP contribution in [0.3, 0.4) is 0 Å². The Bertz CT molecular complexity index is 498. The van der Waals surface area contributed by atoms with Crippen molar-refractivity contribution in [2.45, 2.75) is 6.92 Å². The van der Waals surface area contributed by atoms with E-state index in [2.05, 4.69) is 29.1 Å². The minimum absolute atomic E-state index is 0.781. The minimum Gasteiger partial charge on any atom is -0.0783 e. The van der Waals surface area contributed by atoms with E-state index >= 15 is 0 Å². The highest BCUT2D eigenvalue weighted by Gasteiger charge is 2.00. The predicted octanol–water partition coefficient (Wildman–Crippen LogP) is 3.54. The zero-order valence-electron chi connectivity index (χ0n) is 8.20. The van der Waals surface area contributed by atoms with Gasteiger partial charge in [0.2, 0.25) is 0 Å². The van der Waals surface area contributed by atoms with Crippen LogP contribution in [0.1, 0.15) is 12.5 Å². The molecule has 2 aromatic carbocycles. The normalized spacial score (nSPS) is 9.50. The van der Waals surface area contributed by atoms with Gasteiger partial charge in [-0.3, -0.25) is 0 Å². The average molecular weight is 182 g/mol. The number of benzene rings is 2. The van der Waals surface area contributed by atoms with Crippen LogP contribution in [0, 0.1) is 6.07 Å². The van der Waals surface area contributed by atoms with Gasteiger partial charge in [-0.15, -0.1) is 0 Å². The Morgan fingerprint density at radius 2 is 1.86 bits per heavy atom. The lowest BCUT2D eigenvalue weighted by Gasteiger charge is -1.95. The Morgan fingerprint density at radius 3 is 2.71 bits per heavy atom. The van der Waals surface area contributed by atoms with Gasteiger partial charge in [0.05, 0.1) is 0 Å². The van der Waals surface area contributed by atoms with E-state index < -0.39 is 0 Å². The van der Waals surface area contributed by atoms with Crippen molar-refractivity contribution in [3.63, 3.8) is 0 Å². The van der Waals surface area contributed by atoms with E-state index in [4.69, 9.17) is 0 Å². The second kappa shape index (κ2) is 3.93. The molecule has 0 bridgehead atoms. The van der Waals surface area contributed by atoms with Gasteiger partial charge in [-0.25, -0.2) is 0 Å². The Balaban J connectivity index is 2.65. The van der Waals surface area contributed by atoms with Gasteiger partial charge in [0, 0.05) is 12.3 Å². The summed E-state index contributed by atoms with van der Waals surface area (Å²) in [5, 5.41) is 2.45. The van der Waals surface area contributed by atoms with Crippen LogP contribution in [0.15, 0.2) is 42.5 Å². The summed E-state index contributed by atoms with van der Waals surface area (Å²) in [6.07, 6.45) is 0. The van der Waals surface area contributed by atoms with Gasteiger partial charge in [-0.2, -0.15) is 0 Å². The van der Waals surface area contributed by atoms with E-state index in [9.17, 15) is 0 Å². The molecule has 0 unspecified atom stereocenters. The summed E-state index contributed by atoms with van der Waals surface area (Å²) < 4.78 is 0. The molecule has 0 fully saturated rings. The van der Waals surface area contributed by atoms with E-state index in [1.54, 1.807) is 0 Å². The Labute approximate surface area is 83.8 Å². The summed E-state index contributed by atoms with van der Waals surface area (Å²) in [6, 6.07) is 17.5. The number of hydrogen-bond donors (Lipinski definition) is 0. The Morgan fingerprint density at radius 1 is 1.07 bits per heavy atom. The fourth-order valence-corrected chi connectivity index (χ4v) is 1.49. The molecule has 1 nitrogen and oxygen atoms in total. The lowest BCUT2D eigenvalue weighted by atomic mass is 10.1. The molecule has 0 aromatic heterocycles. The Hall–Kier alpha value is -1.81. The molecular weight excluding hydrogens is 170 g/mol. The van der Waals surface area contributed by atoms with Crippen molar-refractivity contribution >= 4 is 10.8 Å². The maximum Gasteiger partial charge on any atom is 0.311 e. The van der Waals surface area contributed by atoms with Gasteiger partial charge in [0.25, 0.3) is 6.54 Å². The van der Waals surface area contributed by atoms with Crippen molar-refractivity contribution in [1.82, 2.24) is 0 Å². The third-order valence-electron chi connectivity index (χ3n) is 2.15. The van der Waals surface area contributed by atoms with Gasteiger partial charge in [0.1, 0.15) is 5.56 Å². The lowest BCUT2D eigenvalue weighted by molar-refractivity contribution is 1.34. The molecule has 0 N–H and O–H groups in total. The third-order valence-corrected chi connectivity index (χ3v) is 2.15. The van der Waals surface area contributed by atoms with E-state index in [1.807, 2.05) is 31.2 Å². The SMILES string of the molecule is CC[N+]#Cc1cccc2ccccc12. The van der Waals surface area contributed by atoms with E-state index in [0.717, 1.165) is 12.1 Å². The lowest BCUT2D eigenvalue weighted by Crippen LogP contribution is -1.78. The molecule has 14 heavy (non-hydrogen) atoms. The second-order valence-electron chi connectivity index (χ2n) is 3.11. The highest BCUT2D eigenvalue weighted by atomic mass is 14.6. The zero-order valence-corrected chi connectivity index (χ0v) is 8.20. The first-order valence-corrected chi connectivity index (χ1v) is 4.82. The molecule has 0 saturated carbocycles. The van der Waals surface area contributed by atoms with E-state index in [1.165, 1.54) is 10.8 Å². The molecular formula is C13H12N+. The molecule has 2 rings (SSSR count). The van der Waals surface area contributed by atoms with Crippen molar-refractivity contribution in [1.29, 1.82) is 0 Å². The van der Waals surface area contributed by atoms with Crippen molar-refractivity contribution in [2.75, 3.05) is 6.54 Å². The minimum atomic E-state index is 0.781. The van der Waals surface area contributed by atoms with Gasteiger partial charge in [-0.1, -0.05) is 41.2 Å².